The first-order valence-electron chi connectivity index (χ1n) is 3.70. The lowest BCUT2D eigenvalue weighted by Crippen LogP contribution is -2.13. The minimum Gasteiger partial charge on any atom is -0.402 e. The van der Waals surface area contributed by atoms with Crippen molar-refractivity contribution in [1.29, 1.82) is 5.41 Å². The number of Topliss-reactive ketones (excluding diaryl/α,β-unsaturated/α-hetero) is 1. The first-order chi connectivity index (χ1) is 5.13. The van der Waals surface area contributed by atoms with E-state index in [0.717, 1.165) is 30.5 Å². The van der Waals surface area contributed by atoms with E-state index in [4.69, 9.17) is 11.1 Å². The molecule has 0 spiro atoms. The van der Waals surface area contributed by atoms with Crippen molar-refractivity contribution < 1.29 is 4.79 Å². The van der Waals surface area contributed by atoms with Gasteiger partial charge >= 0.3 is 0 Å². The van der Waals surface area contributed by atoms with E-state index in [9.17, 15) is 4.79 Å². The normalized spacial score (nSPS) is 17.2. The highest BCUT2D eigenvalue weighted by Crippen LogP contribution is 2.22. The maximum atomic E-state index is 10.8. The molecule has 0 aromatic rings. The van der Waals surface area contributed by atoms with Crippen molar-refractivity contribution in [2.24, 2.45) is 5.73 Å². The molecule has 3 nitrogen and oxygen atoms in total. The number of hydrogen-bond donors (Lipinski definition) is 2. The number of hydrogen-bond acceptors (Lipinski definition) is 3. The van der Waals surface area contributed by atoms with E-state index in [0.29, 0.717) is 0 Å². The lowest BCUT2D eigenvalue weighted by molar-refractivity contribution is -0.111. The minimum absolute atomic E-state index is 0.0972. The van der Waals surface area contributed by atoms with Gasteiger partial charge in [-0.1, -0.05) is 0 Å². The van der Waals surface area contributed by atoms with Crippen LogP contribution in [0.4, 0.5) is 0 Å². The fourth-order valence-corrected chi connectivity index (χ4v) is 1.27. The Morgan fingerprint density at radius 3 is 2.55 bits per heavy atom. The summed E-state index contributed by atoms with van der Waals surface area (Å²) in [4.78, 5) is 10.8. The highest BCUT2D eigenvalue weighted by atomic mass is 16.1. The summed E-state index contributed by atoms with van der Waals surface area (Å²) in [6, 6.07) is 0. The molecular weight excluding hydrogens is 140 g/mol. The number of carbonyl (C=O) groups excluding carboxylic acids is 1. The summed E-state index contributed by atoms with van der Waals surface area (Å²) in [6.45, 7) is 1.40. The van der Waals surface area contributed by atoms with Crippen LogP contribution >= 0.6 is 0 Å². The topological polar surface area (TPSA) is 66.9 Å². The Morgan fingerprint density at radius 1 is 1.55 bits per heavy atom. The molecule has 0 saturated heterocycles. The van der Waals surface area contributed by atoms with Crippen molar-refractivity contribution in [2.45, 2.75) is 26.2 Å². The summed E-state index contributed by atoms with van der Waals surface area (Å²) in [5.74, 6) is -0.190. The Bertz CT molecular complexity index is 240. The molecule has 0 saturated carbocycles. The largest absolute Gasteiger partial charge is 0.402 e. The Kier molecular flexibility index (Phi) is 2.08. The van der Waals surface area contributed by atoms with Gasteiger partial charge in [-0.15, -0.1) is 0 Å². The van der Waals surface area contributed by atoms with Gasteiger partial charge in [0.25, 0.3) is 0 Å². The molecule has 0 heterocycles. The number of carbonyl (C=O) groups is 1. The van der Waals surface area contributed by atoms with Gasteiger partial charge in [0.15, 0.2) is 5.78 Å². The van der Waals surface area contributed by atoms with Gasteiger partial charge in [-0.05, 0) is 24.8 Å². The van der Waals surface area contributed by atoms with Crippen LogP contribution in [0.1, 0.15) is 26.2 Å². The fourth-order valence-electron chi connectivity index (χ4n) is 1.27. The summed E-state index contributed by atoms with van der Waals surface area (Å²) >= 11 is 0. The molecule has 0 amide bonds. The SMILES string of the molecule is CC(=O)C(=N)C1=C(N)CCC1. The van der Waals surface area contributed by atoms with Crippen LogP contribution in [0.15, 0.2) is 11.3 Å². The molecule has 60 valence electrons. The van der Waals surface area contributed by atoms with Gasteiger partial charge in [-0.3, -0.25) is 10.2 Å². The van der Waals surface area contributed by atoms with Gasteiger partial charge in [0.05, 0.1) is 0 Å². The lowest BCUT2D eigenvalue weighted by Gasteiger charge is -2.00. The second-order valence-corrected chi connectivity index (χ2v) is 2.79. The van der Waals surface area contributed by atoms with Crippen molar-refractivity contribution in [3.63, 3.8) is 0 Å². The van der Waals surface area contributed by atoms with E-state index in [1.807, 2.05) is 0 Å². The van der Waals surface area contributed by atoms with E-state index in [1.165, 1.54) is 6.92 Å². The number of allylic oxidation sites excluding steroid dienone is 2. The molecule has 0 fully saturated rings. The molecule has 1 aliphatic rings. The van der Waals surface area contributed by atoms with Gasteiger partial charge in [-0.2, -0.15) is 0 Å². The van der Waals surface area contributed by atoms with E-state index in [2.05, 4.69) is 0 Å². The molecule has 1 rings (SSSR count). The Labute approximate surface area is 65.8 Å². The van der Waals surface area contributed by atoms with Crippen molar-refractivity contribution in [3.05, 3.63) is 11.3 Å². The van der Waals surface area contributed by atoms with E-state index in [1.54, 1.807) is 0 Å². The van der Waals surface area contributed by atoms with Crippen LogP contribution in [0, 0.1) is 5.41 Å². The summed E-state index contributed by atoms with van der Waals surface area (Å²) in [6.07, 6.45) is 2.62. The first-order valence-corrected chi connectivity index (χ1v) is 3.70. The van der Waals surface area contributed by atoms with Crippen molar-refractivity contribution in [2.75, 3.05) is 0 Å². The van der Waals surface area contributed by atoms with Gasteiger partial charge in [0, 0.05) is 12.6 Å². The van der Waals surface area contributed by atoms with Crippen LogP contribution in [-0.4, -0.2) is 11.5 Å². The molecule has 0 unspecified atom stereocenters. The molecule has 0 aliphatic heterocycles. The van der Waals surface area contributed by atoms with Crippen molar-refractivity contribution in [3.8, 4) is 0 Å². The molecule has 3 N–H and O–H groups in total. The number of nitrogens with two attached hydrogens (primary N) is 1. The summed E-state index contributed by atoms with van der Waals surface area (Å²) in [7, 11) is 0. The third kappa shape index (κ3) is 1.48. The van der Waals surface area contributed by atoms with Gasteiger partial charge in [-0.25, -0.2) is 0 Å². The van der Waals surface area contributed by atoms with Crippen LogP contribution in [-0.2, 0) is 4.79 Å². The molecule has 0 radical (unpaired) electrons. The summed E-state index contributed by atoms with van der Waals surface area (Å²) in [5, 5.41) is 7.38. The highest BCUT2D eigenvalue weighted by molar-refractivity contribution is 6.44. The molecule has 1 aliphatic carbocycles. The smallest absolute Gasteiger partial charge is 0.177 e. The van der Waals surface area contributed by atoms with Crippen LogP contribution < -0.4 is 5.73 Å². The molecule has 11 heavy (non-hydrogen) atoms. The Hall–Kier alpha value is -1.12. The Balaban J connectivity index is 2.82. The quantitative estimate of drug-likeness (QED) is 0.579. The lowest BCUT2D eigenvalue weighted by atomic mass is 10.1. The van der Waals surface area contributed by atoms with E-state index in [-0.39, 0.29) is 11.5 Å². The molecule has 0 aromatic carbocycles. The summed E-state index contributed by atoms with van der Waals surface area (Å²) < 4.78 is 0. The van der Waals surface area contributed by atoms with Gasteiger partial charge in [0.2, 0.25) is 0 Å². The average molecular weight is 152 g/mol. The van der Waals surface area contributed by atoms with Gasteiger partial charge < -0.3 is 5.73 Å². The molecule has 0 bridgehead atoms. The van der Waals surface area contributed by atoms with Crippen molar-refractivity contribution in [1.82, 2.24) is 0 Å². The van der Waals surface area contributed by atoms with Crippen LogP contribution in [0.3, 0.4) is 0 Å². The molecule has 3 heteroatoms. The zero-order valence-corrected chi connectivity index (χ0v) is 6.61. The second kappa shape index (κ2) is 2.86. The second-order valence-electron chi connectivity index (χ2n) is 2.79. The summed E-state index contributed by atoms with van der Waals surface area (Å²) in [5.41, 5.74) is 7.19. The number of ketones is 1. The predicted molar refractivity (Wildman–Crippen MR) is 43.5 cm³/mol. The third-order valence-electron chi connectivity index (χ3n) is 1.91. The minimum atomic E-state index is -0.190. The number of nitrogens with one attached hydrogen (secondary N) is 1. The molecular formula is C8H12N2O. The first kappa shape index (κ1) is 7.98. The zero-order valence-electron chi connectivity index (χ0n) is 6.61. The highest BCUT2D eigenvalue weighted by Gasteiger charge is 2.18. The monoisotopic (exact) mass is 152 g/mol. The van der Waals surface area contributed by atoms with Gasteiger partial charge in [0.1, 0.15) is 5.71 Å². The third-order valence-corrected chi connectivity index (χ3v) is 1.91. The zero-order chi connectivity index (χ0) is 8.43. The van der Waals surface area contributed by atoms with Crippen LogP contribution in [0.5, 0.6) is 0 Å². The van der Waals surface area contributed by atoms with Crippen LogP contribution in [0.2, 0.25) is 0 Å². The fraction of sp³-hybridized carbons (Fsp3) is 0.500. The standard InChI is InChI=1S/C8H12N2O/c1-5(11)8(10)6-3-2-4-7(6)9/h10H,2-4,9H2,1H3. The number of rotatable bonds is 2. The van der Waals surface area contributed by atoms with E-state index >= 15 is 0 Å². The predicted octanol–water partition coefficient (Wildman–Crippen LogP) is 0.992. The maximum absolute atomic E-state index is 10.8. The maximum Gasteiger partial charge on any atom is 0.177 e. The van der Waals surface area contributed by atoms with Crippen molar-refractivity contribution >= 4 is 11.5 Å². The average Bonchev–Trinajstić information content (AvgIpc) is 2.33. The Morgan fingerprint density at radius 2 is 2.18 bits per heavy atom. The van der Waals surface area contributed by atoms with E-state index < -0.39 is 0 Å². The molecule has 0 atom stereocenters. The molecule has 0 aromatic heterocycles. The van der Waals surface area contributed by atoms with Crippen LogP contribution in [0.25, 0.3) is 0 Å².